The van der Waals surface area contributed by atoms with Crippen LogP contribution in [0.3, 0.4) is 0 Å². The molecule has 2 rings (SSSR count). The molecule has 0 spiro atoms. The maximum atomic E-state index is 12.5. The molecule has 1 atom stereocenters. The van der Waals surface area contributed by atoms with Gasteiger partial charge in [0.2, 0.25) is 0 Å². The Morgan fingerprint density at radius 3 is 2.28 bits per heavy atom. The highest BCUT2D eigenvalue weighted by molar-refractivity contribution is 8.00. The fourth-order valence-electron chi connectivity index (χ4n) is 3.32. The molecule has 29 heavy (non-hydrogen) atoms. The first-order chi connectivity index (χ1) is 13.9. The number of unbranched alkanes of at least 4 members (excludes halogenated alkanes) is 1. The maximum Gasteiger partial charge on any atom is 0.312 e. The third kappa shape index (κ3) is 6.43. The van der Waals surface area contributed by atoms with E-state index in [0.29, 0.717) is 11.5 Å². The Hall–Kier alpha value is -2.14. The van der Waals surface area contributed by atoms with Crippen LogP contribution in [0, 0.1) is 5.41 Å². The third-order valence-corrected chi connectivity index (χ3v) is 6.81. The van der Waals surface area contributed by atoms with E-state index in [1.165, 1.54) is 12.7 Å². The summed E-state index contributed by atoms with van der Waals surface area (Å²) in [5.41, 5.74) is 0.753. The Bertz CT molecular complexity index is 774. The summed E-state index contributed by atoms with van der Waals surface area (Å²) in [6.45, 7) is 3.93. The van der Waals surface area contributed by atoms with Gasteiger partial charge in [-0.15, -0.1) is 11.8 Å². The van der Waals surface area contributed by atoms with Gasteiger partial charge in [-0.3, -0.25) is 4.79 Å². The quantitative estimate of drug-likeness (QED) is 0.264. The number of methoxy groups -OCH3 is 3. The third-order valence-electron chi connectivity index (χ3n) is 5.17. The predicted octanol–water partition coefficient (Wildman–Crippen LogP) is 5.78. The summed E-state index contributed by atoms with van der Waals surface area (Å²) in [6.07, 6.45) is 4.10. The first-order valence-electron chi connectivity index (χ1n) is 9.93. The summed E-state index contributed by atoms with van der Waals surface area (Å²) in [7, 11) is 4.71. The fraction of sp³-hybridized carbons (Fsp3) is 0.458. The Balaban J connectivity index is 2.09. The van der Waals surface area contributed by atoms with Crippen LogP contribution in [0.15, 0.2) is 53.4 Å². The Labute approximate surface area is 178 Å². The van der Waals surface area contributed by atoms with Crippen molar-refractivity contribution in [2.45, 2.75) is 49.7 Å². The van der Waals surface area contributed by atoms with Crippen LogP contribution in [0.1, 0.15) is 38.7 Å². The summed E-state index contributed by atoms with van der Waals surface area (Å²) in [6, 6.07) is 16.4. The zero-order valence-electron chi connectivity index (χ0n) is 18.1. The molecular weight excluding hydrogens is 384 g/mol. The van der Waals surface area contributed by atoms with E-state index in [2.05, 4.69) is 24.3 Å². The molecular formula is C24H32O4S. The van der Waals surface area contributed by atoms with E-state index in [4.69, 9.17) is 14.2 Å². The highest BCUT2D eigenvalue weighted by Crippen LogP contribution is 2.42. The van der Waals surface area contributed by atoms with E-state index in [1.54, 1.807) is 26.0 Å². The van der Waals surface area contributed by atoms with Gasteiger partial charge < -0.3 is 14.2 Å². The van der Waals surface area contributed by atoms with Crippen molar-refractivity contribution in [3.63, 3.8) is 0 Å². The second-order valence-corrected chi connectivity index (χ2v) is 8.84. The number of thioether (sulfide) groups is 1. The number of aryl methyl sites for hydroxylation is 1. The Morgan fingerprint density at radius 2 is 1.66 bits per heavy atom. The molecule has 2 aromatic rings. The van der Waals surface area contributed by atoms with Gasteiger partial charge in [-0.2, -0.15) is 0 Å². The van der Waals surface area contributed by atoms with Crippen LogP contribution in [-0.4, -0.2) is 32.5 Å². The lowest BCUT2D eigenvalue weighted by atomic mass is 9.86. The van der Waals surface area contributed by atoms with Crippen LogP contribution in [0.25, 0.3) is 0 Å². The molecule has 0 saturated heterocycles. The summed E-state index contributed by atoms with van der Waals surface area (Å²) in [4.78, 5) is 13.5. The molecule has 0 N–H and O–H groups in total. The molecule has 0 aliphatic carbocycles. The number of hydrogen-bond donors (Lipinski definition) is 0. The number of benzene rings is 2. The highest BCUT2D eigenvalue weighted by Gasteiger charge is 2.38. The smallest absolute Gasteiger partial charge is 0.312 e. The molecule has 0 heterocycles. The zero-order chi connectivity index (χ0) is 21.3. The minimum atomic E-state index is -0.598. The Morgan fingerprint density at radius 1 is 0.966 bits per heavy atom. The second kappa shape index (κ2) is 11.1. The lowest BCUT2D eigenvalue weighted by Crippen LogP contribution is -2.36. The van der Waals surface area contributed by atoms with Crippen LogP contribution in [0.2, 0.25) is 0 Å². The van der Waals surface area contributed by atoms with Crippen molar-refractivity contribution in [2.75, 3.05) is 21.3 Å². The average molecular weight is 417 g/mol. The highest BCUT2D eigenvalue weighted by atomic mass is 32.2. The molecule has 5 heteroatoms. The maximum absolute atomic E-state index is 12.5. The van der Waals surface area contributed by atoms with Gasteiger partial charge in [0.05, 0.1) is 26.7 Å². The van der Waals surface area contributed by atoms with Crippen molar-refractivity contribution < 1.29 is 19.0 Å². The number of carbonyl (C=O) groups excluding carboxylic acids is 1. The molecule has 0 aliphatic heterocycles. The lowest BCUT2D eigenvalue weighted by molar-refractivity contribution is -0.150. The number of esters is 1. The molecule has 0 radical (unpaired) electrons. The number of carbonyl (C=O) groups is 1. The van der Waals surface area contributed by atoms with Gasteiger partial charge in [-0.25, -0.2) is 0 Å². The molecule has 1 unspecified atom stereocenters. The van der Waals surface area contributed by atoms with Gasteiger partial charge >= 0.3 is 5.97 Å². The van der Waals surface area contributed by atoms with Crippen LogP contribution in [-0.2, 0) is 16.0 Å². The molecule has 0 fully saturated rings. The van der Waals surface area contributed by atoms with Crippen LogP contribution in [0.5, 0.6) is 11.5 Å². The van der Waals surface area contributed by atoms with E-state index in [9.17, 15) is 4.79 Å². The Kier molecular flexibility index (Phi) is 8.90. The lowest BCUT2D eigenvalue weighted by Gasteiger charge is -2.31. The zero-order valence-corrected chi connectivity index (χ0v) is 18.9. The van der Waals surface area contributed by atoms with Gasteiger partial charge in [0.1, 0.15) is 0 Å². The first kappa shape index (κ1) is 23.1. The normalized spacial score (nSPS) is 12.3. The minimum absolute atomic E-state index is 0.0869. The average Bonchev–Trinajstić information content (AvgIpc) is 2.75. The molecule has 0 saturated carbocycles. The molecule has 0 amide bonds. The van der Waals surface area contributed by atoms with E-state index in [-0.39, 0.29) is 11.2 Å². The standard InChI is InChI=1S/C24H32O4S/c1-24(2,23(25)28-5)22(14-10-9-13-18-11-7-6-8-12-18)29-19-15-16-20(26-3)21(17-19)27-4/h6-8,11-12,15-17,22H,9-10,13-14H2,1-5H3. The number of rotatable bonds is 11. The van der Waals surface area contributed by atoms with Crippen molar-refractivity contribution >= 4 is 17.7 Å². The van der Waals surface area contributed by atoms with Crippen molar-refractivity contribution in [1.29, 1.82) is 0 Å². The minimum Gasteiger partial charge on any atom is -0.493 e. The van der Waals surface area contributed by atoms with Crippen LogP contribution in [0.4, 0.5) is 0 Å². The van der Waals surface area contributed by atoms with E-state index < -0.39 is 5.41 Å². The second-order valence-electron chi connectivity index (χ2n) is 7.57. The molecule has 4 nitrogen and oxygen atoms in total. The monoisotopic (exact) mass is 416 g/mol. The van der Waals surface area contributed by atoms with Crippen molar-refractivity contribution in [1.82, 2.24) is 0 Å². The predicted molar refractivity (Wildman–Crippen MR) is 119 cm³/mol. The SMILES string of the molecule is COC(=O)C(C)(C)C(CCCCc1ccccc1)Sc1ccc(OC)c(OC)c1. The molecule has 0 bridgehead atoms. The summed E-state index contributed by atoms with van der Waals surface area (Å²) in [5, 5.41) is 0.0869. The summed E-state index contributed by atoms with van der Waals surface area (Å²) in [5.74, 6) is 1.21. The van der Waals surface area contributed by atoms with Gasteiger partial charge in [-0.05, 0) is 56.9 Å². The topological polar surface area (TPSA) is 44.8 Å². The fourth-order valence-corrected chi connectivity index (χ4v) is 4.64. The van der Waals surface area contributed by atoms with Gasteiger partial charge in [-0.1, -0.05) is 36.8 Å². The van der Waals surface area contributed by atoms with Crippen LogP contribution >= 0.6 is 11.8 Å². The van der Waals surface area contributed by atoms with E-state index in [1.807, 2.05) is 38.1 Å². The van der Waals surface area contributed by atoms with Gasteiger partial charge in [0, 0.05) is 10.1 Å². The van der Waals surface area contributed by atoms with Crippen molar-refractivity contribution in [3.8, 4) is 11.5 Å². The first-order valence-corrected chi connectivity index (χ1v) is 10.8. The van der Waals surface area contributed by atoms with E-state index in [0.717, 1.165) is 30.6 Å². The number of ether oxygens (including phenoxy) is 3. The van der Waals surface area contributed by atoms with E-state index >= 15 is 0 Å². The number of hydrogen-bond acceptors (Lipinski definition) is 5. The molecule has 158 valence electrons. The van der Waals surface area contributed by atoms with Crippen molar-refractivity contribution in [3.05, 3.63) is 54.1 Å². The summed E-state index contributed by atoms with van der Waals surface area (Å²) < 4.78 is 15.9. The van der Waals surface area contributed by atoms with Crippen LogP contribution < -0.4 is 9.47 Å². The van der Waals surface area contributed by atoms with Crippen molar-refractivity contribution in [2.24, 2.45) is 5.41 Å². The van der Waals surface area contributed by atoms with Gasteiger partial charge in [0.15, 0.2) is 11.5 Å². The molecule has 0 aromatic heterocycles. The molecule has 0 aliphatic rings. The molecule has 2 aromatic carbocycles. The summed E-state index contributed by atoms with van der Waals surface area (Å²) >= 11 is 1.70. The van der Waals surface area contributed by atoms with Gasteiger partial charge in [0.25, 0.3) is 0 Å². The largest absolute Gasteiger partial charge is 0.493 e.